The largest absolute Gasteiger partial charge is 0.381 e. The van der Waals surface area contributed by atoms with Gasteiger partial charge in [-0.25, -0.2) is 0 Å². The molecule has 0 aromatic rings. The highest BCUT2D eigenvalue weighted by Crippen LogP contribution is 2.23. The Kier molecular flexibility index (Phi) is 3.06. The number of likely N-dealkylation sites (tertiary alicyclic amines) is 1. The van der Waals surface area contributed by atoms with Crippen LogP contribution in [0.4, 0.5) is 0 Å². The molecule has 14 heavy (non-hydrogen) atoms. The number of carbonyl (C=O) groups is 1. The van der Waals surface area contributed by atoms with Crippen molar-refractivity contribution in [2.24, 2.45) is 5.92 Å². The maximum absolute atomic E-state index is 12.1. The van der Waals surface area contributed by atoms with E-state index < -0.39 is 0 Å². The maximum atomic E-state index is 12.1. The Morgan fingerprint density at radius 1 is 1.29 bits per heavy atom. The Morgan fingerprint density at radius 2 is 2.00 bits per heavy atom. The Labute approximate surface area is 85.4 Å². The van der Waals surface area contributed by atoms with Crippen LogP contribution < -0.4 is 0 Å². The van der Waals surface area contributed by atoms with Gasteiger partial charge in [-0.1, -0.05) is 0 Å². The van der Waals surface area contributed by atoms with Crippen LogP contribution >= 0.6 is 0 Å². The molecule has 3 nitrogen and oxygen atoms in total. The summed E-state index contributed by atoms with van der Waals surface area (Å²) in [5.41, 5.74) is 0. The third-order valence-electron chi connectivity index (χ3n) is 3.41. The van der Waals surface area contributed by atoms with Gasteiger partial charge in [-0.2, -0.15) is 0 Å². The van der Waals surface area contributed by atoms with E-state index >= 15 is 0 Å². The topological polar surface area (TPSA) is 29.5 Å². The molecule has 0 saturated carbocycles. The molecule has 2 rings (SSSR count). The molecule has 2 fully saturated rings. The number of nitrogens with zero attached hydrogens (tertiary/aromatic N) is 1. The van der Waals surface area contributed by atoms with Crippen molar-refractivity contribution >= 4 is 5.91 Å². The molecule has 0 aliphatic carbocycles. The zero-order chi connectivity index (χ0) is 9.97. The molecule has 0 aromatic heterocycles. The minimum Gasteiger partial charge on any atom is -0.381 e. The second-order valence-corrected chi connectivity index (χ2v) is 4.41. The Bertz CT molecular complexity index is 211. The van der Waals surface area contributed by atoms with E-state index in [1.165, 1.54) is 12.8 Å². The smallest absolute Gasteiger partial charge is 0.226 e. The molecule has 2 saturated heterocycles. The van der Waals surface area contributed by atoms with E-state index in [0.717, 1.165) is 32.6 Å². The van der Waals surface area contributed by atoms with Crippen molar-refractivity contribution in [3.8, 4) is 0 Å². The lowest BCUT2D eigenvalue weighted by Gasteiger charge is -2.29. The van der Waals surface area contributed by atoms with E-state index in [2.05, 4.69) is 11.8 Å². The summed E-state index contributed by atoms with van der Waals surface area (Å²) in [6.07, 6.45) is 4.19. The van der Waals surface area contributed by atoms with Gasteiger partial charge < -0.3 is 9.64 Å². The number of ether oxygens (including phenoxy) is 1. The highest BCUT2D eigenvalue weighted by molar-refractivity contribution is 5.79. The normalized spacial score (nSPS) is 29.5. The zero-order valence-corrected chi connectivity index (χ0v) is 8.87. The van der Waals surface area contributed by atoms with E-state index in [1.807, 2.05) is 0 Å². The van der Waals surface area contributed by atoms with Crippen LogP contribution in [0.5, 0.6) is 0 Å². The molecule has 0 radical (unpaired) electrons. The summed E-state index contributed by atoms with van der Waals surface area (Å²) in [5, 5.41) is 0. The number of hydrogen-bond acceptors (Lipinski definition) is 2. The lowest BCUT2D eigenvalue weighted by molar-refractivity contribution is -0.139. The highest BCUT2D eigenvalue weighted by Gasteiger charge is 2.31. The minimum atomic E-state index is 0.240. The quantitative estimate of drug-likeness (QED) is 0.636. The van der Waals surface area contributed by atoms with Crippen molar-refractivity contribution in [2.45, 2.75) is 38.6 Å². The summed E-state index contributed by atoms with van der Waals surface area (Å²) in [6.45, 7) is 4.65. The van der Waals surface area contributed by atoms with Gasteiger partial charge in [-0.05, 0) is 32.6 Å². The molecule has 0 spiro atoms. The summed E-state index contributed by atoms with van der Waals surface area (Å²) < 4.78 is 5.27. The second-order valence-electron chi connectivity index (χ2n) is 4.41. The number of hydrogen-bond donors (Lipinski definition) is 0. The first-order chi connectivity index (χ1) is 6.79. The van der Waals surface area contributed by atoms with Crippen molar-refractivity contribution < 1.29 is 9.53 Å². The molecular formula is C11H19NO2. The summed E-state index contributed by atoms with van der Waals surface area (Å²) in [4.78, 5) is 14.1. The van der Waals surface area contributed by atoms with Crippen molar-refractivity contribution in [3.63, 3.8) is 0 Å². The van der Waals surface area contributed by atoms with Gasteiger partial charge in [0, 0.05) is 31.7 Å². The fourth-order valence-electron chi connectivity index (χ4n) is 2.44. The molecule has 3 heteroatoms. The average molecular weight is 197 g/mol. The standard InChI is InChI=1S/C11H19NO2/c1-9-3-2-6-12(9)11(13)10-4-7-14-8-5-10/h9-10H,2-8H2,1H3. The van der Waals surface area contributed by atoms with Gasteiger partial charge in [0.25, 0.3) is 0 Å². The van der Waals surface area contributed by atoms with Crippen LogP contribution in [-0.4, -0.2) is 36.6 Å². The van der Waals surface area contributed by atoms with Gasteiger partial charge in [-0.3, -0.25) is 4.79 Å². The Morgan fingerprint density at radius 3 is 2.57 bits per heavy atom. The van der Waals surface area contributed by atoms with Gasteiger partial charge in [-0.15, -0.1) is 0 Å². The van der Waals surface area contributed by atoms with Crippen LogP contribution in [0.15, 0.2) is 0 Å². The summed E-state index contributed by atoms with van der Waals surface area (Å²) >= 11 is 0. The van der Waals surface area contributed by atoms with Crippen molar-refractivity contribution in [2.75, 3.05) is 19.8 Å². The fraction of sp³-hybridized carbons (Fsp3) is 0.909. The molecule has 2 aliphatic heterocycles. The van der Waals surface area contributed by atoms with Crippen LogP contribution in [0.1, 0.15) is 32.6 Å². The molecule has 1 atom stereocenters. The first kappa shape index (κ1) is 9.97. The van der Waals surface area contributed by atoms with Crippen LogP contribution in [0.25, 0.3) is 0 Å². The predicted octanol–water partition coefficient (Wildman–Crippen LogP) is 1.42. The first-order valence-electron chi connectivity index (χ1n) is 5.67. The first-order valence-corrected chi connectivity index (χ1v) is 5.67. The van der Waals surface area contributed by atoms with Crippen molar-refractivity contribution in [1.29, 1.82) is 0 Å². The van der Waals surface area contributed by atoms with Crippen LogP contribution in [-0.2, 0) is 9.53 Å². The average Bonchev–Trinajstić information content (AvgIpc) is 2.65. The Hall–Kier alpha value is -0.570. The second kappa shape index (κ2) is 4.30. The molecule has 0 N–H and O–H groups in total. The molecule has 2 heterocycles. The summed E-state index contributed by atoms with van der Waals surface area (Å²) in [5.74, 6) is 0.614. The summed E-state index contributed by atoms with van der Waals surface area (Å²) in [7, 11) is 0. The van der Waals surface area contributed by atoms with E-state index in [9.17, 15) is 4.79 Å². The van der Waals surface area contributed by atoms with Gasteiger partial charge in [0.2, 0.25) is 5.91 Å². The van der Waals surface area contributed by atoms with Crippen molar-refractivity contribution in [3.05, 3.63) is 0 Å². The molecular weight excluding hydrogens is 178 g/mol. The Balaban J connectivity index is 1.92. The number of amides is 1. The van der Waals surface area contributed by atoms with E-state index in [0.29, 0.717) is 11.9 Å². The number of carbonyl (C=O) groups excluding carboxylic acids is 1. The zero-order valence-electron chi connectivity index (χ0n) is 8.87. The lowest BCUT2D eigenvalue weighted by atomic mass is 9.98. The molecule has 1 amide bonds. The lowest BCUT2D eigenvalue weighted by Crippen LogP contribution is -2.40. The van der Waals surface area contributed by atoms with E-state index in [4.69, 9.17) is 4.74 Å². The van der Waals surface area contributed by atoms with Crippen LogP contribution in [0.3, 0.4) is 0 Å². The van der Waals surface area contributed by atoms with E-state index in [-0.39, 0.29) is 5.92 Å². The SMILES string of the molecule is CC1CCCN1C(=O)C1CCOCC1. The third-order valence-corrected chi connectivity index (χ3v) is 3.41. The number of rotatable bonds is 1. The maximum Gasteiger partial charge on any atom is 0.226 e. The molecule has 80 valence electrons. The van der Waals surface area contributed by atoms with Gasteiger partial charge in [0.1, 0.15) is 0 Å². The van der Waals surface area contributed by atoms with Crippen LogP contribution in [0, 0.1) is 5.92 Å². The van der Waals surface area contributed by atoms with Gasteiger partial charge >= 0.3 is 0 Å². The van der Waals surface area contributed by atoms with E-state index in [1.54, 1.807) is 0 Å². The van der Waals surface area contributed by atoms with Gasteiger partial charge in [0.15, 0.2) is 0 Å². The third kappa shape index (κ3) is 1.92. The minimum absolute atomic E-state index is 0.240. The molecule has 0 aromatic carbocycles. The molecule has 1 unspecified atom stereocenters. The van der Waals surface area contributed by atoms with Gasteiger partial charge in [0.05, 0.1) is 0 Å². The monoisotopic (exact) mass is 197 g/mol. The highest BCUT2D eigenvalue weighted by atomic mass is 16.5. The predicted molar refractivity (Wildman–Crippen MR) is 54.0 cm³/mol. The molecule has 0 bridgehead atoms. The fourth-order valence-corrected chi connectivity index (χ4v) is 2.44. The summed E-state index contributed by atoms with van der Waals surface area (Å²) in [6, 6.07) is 0.463. The molecule has 2 aliphatic rings. The van der Waals surface area contributed by atoms with Crippen molar-refractivity contribution in [1.82, 2.24) is 4.90 Å². The van der Waals surface area contributed by atoms with Crippen LogP contribution in [0.2, 0.25) is 0 Å².